The number of allylic oxidation sites excluding steroid dienone is 8. The van der Waals surface area contributed by atoms with E-state index in [0.29, 0.717) is 5.92 Å². The lowest BCUT2D eigenvalue weighted by molar-refractivity contribution is 0.684. The Morgan fingerprint density at radius 3 is 1.94 bits per heavy atom. The van der Waals surface area contributed by atoms with Gasteiger partial charge in [0.05, 0.1) is 0 Å². The molecule has 0 heteroatoms. The van der Waals surface area contributed by atoms with Crippen LogP contribution in [0.1, 0.15) is 18.4 Å². The summed E-state index contributed by atoms with van der Waals surface area (Å²) in [5.41, 5.74) is 4.56. The second-order valence-corrected chi connectivity index (χ2v) is 4.99. The summed E-state index contributed by atoms with van der Waals surface area (Å²) in [6, 6.07) is 10.8. The van der Waals surface area contributed by atoms with E-state index < -0.39 is 0 Å². The lowest BCUT2D eigenvalue weighted by Crippen LogP contribution is -2.09. The van der Waals surface area contributed by atoms with Crippen molar-refractivity contribution in [1.82, 2.24) is 0 Å². The van der Waals surface area contributed by atoms with E-state index in [9.17, 15) is 0 Å². The molecule has 0 bridgehead atoms. The summed E-state index contributed by atoms with van der Waals surface area (Å²) in [6.07, 6.45) is 16.9. The number of hydrogen-bond donors (Lipinski definition) is 0. The van der Waals surface area contributed by atoms with Gasteiger partial charge in [-0.25, -0.2) is 0 Å². The highest BCUT2D eigenvalue weighted by molar-refractivity contribution is 5.37. The van der Waals surface area contributed by atoms with E-state index >= 15 is 0 Å². The minimum absolute atomic E-state index is 0.581. The molecule has 0 fully saturated rings. The van der Waals surface area contributed by atoms with Gasteiger partial charge in [0.1, 0.15) is 0 Å². The molecule has 0 radical (unpaired) electrons. The van der Waals surface area contributed by atoms with Crippen LogP contribution in [0.25, 0.3) is 0 Å². The van der Waals surface area contributed by atoms with Crippen molar-refractivity contribution in [1.29, 1.82) is 0 Å². The molecule has 0 unspecified atom stereocenters. The van der Waals surface area contributed by atoms with Crippen molar-refractivity contribution in [2.24, 2.45) is 5.92 Å². The average Bonchev–Trinajstić information content (AvgIpc) is 3.11. The standard InChI is InChI=1S/C18H18/c1-2-8-15(9-3-1)14-18(16-10-4-5-11-16)17-12-6-7-13-17/h1-10,12,18H,11,13-14H2. The summed E-state index contributed by atoms with van der Waals surface area (Å²) in [5.74, 6) is 0.581. The molecule has 0 saturated heterocycles. The Morgan fingerprint density at radius 2 is 1.44 bits per heavy atom. The summed E-state index contributed by atoms with van der Waals surface area (Å²) in [7, 11) is 0. The molecule has 2 aliphatic carbocycles. The highest BCUT2D eigenvalue weighted by atomic mass is 14.2. The molecule has 1 aromatic rings. The Balaban J connectivity index is 1.82. The van der Waals surface area contributed by atoms with Crippen molar-refractivity contribution < 1.29 is 0 Å². The minimum atomic E-state index is 0.581. The molecular formula is C18H18. The number of rotatable bonds is 4. The summed E-state index contributed by atoms with van der Waals surface area (Å²) in [6.45, 7) is 0. The van der Waals surface area contributed by atoms with E-state index in [4.69, 9.17) is 0 Å². The molecule has 90 valence electrons. The van der Waals surface area contributed by atoms with Crippen LogP contribution in [-0.2, 0) is 6.42 Å². The molecule has 0 spiro atoms. The van der Waals surface area contributed by atoms with Crippen molar-refractivity contribution in [3.63, 3.8) is 0 Å². The average molecular weight is 234 g/mol. The van der Waals surface area contributed by atoms with Crippen LogP contribution in [0, 0.1) is 5.92 Å². The zero-order valence-electron chi connectivity index (χ0n) is 10.5. The van der Waals surface area contributed by atoms with E-state index in [1.165, 1.54) is 5.56 Å². The van der Waals surface area contributed by atoms with Gasteiger partial charge < -0.3 is 0 Å². The zero-order valence-corrected chi connectivity index (χ0v) is 10.5. The number of benzene rings is 1. The Kier molecular flexibility index (Phi) is 3.27. The first-order valence-corrected chi connectivity index (χ1v) is 6.68. The molecule has 2 aliphatic rings. The lowest BCUT2D eigenvalue weighted by atomic mass is 9.84. The zero-order chi connectivity index (χ0) is 12.2. The molecule has 0 saturated carbocycles. The maximum Gasteiger partial charge on any atom is 0.00598 e. The van der Waals surface area contributed by atoms with Crippen LogP contribution in [0.15, 0.2) is 77.9 Å². The molecule has 0 atom stereocenters. The summed E-state index contributed by atoms with van der Waals surface area (Å²) < 4.78 is 0. The fourth-order valence-corrected chi connectivity index (χ4v) is 2.79. The summed E-state index contributed by atoms with van der Waals surface area (Å²) in [4.78, 5) is 0. The van der Waals surface area contributed by atoms with Crippen LogP contribution in [0.2, 0.25) is 0 Å². The van der Waals surface area contributed by atoms with Crippen molar-refractivity contribution >= 4 is 0 Å². The maximum absolute atomic E-state index is 2.30. The Bertz CT molecular complexity index is 496. The molecule has 0 aromatic heterocycles. The van der Waals surface area contributed by atoms with E-state index in [-0.39, 0.29) is 0 Å². The third kappa shape index (κ3) is 2.38. The number of hydrogen-bond acceptors (Lipinski definition) is 0. The van der Waals surface area contributed by atoms with Crippen LogP contribution in [0.5, 0.6) is 0 Å². The van der Waals surface area contributed by atoms with Crippen LogP contribution in [-0.4, -0.2) is 0 Å². The Morgan fingerprint density at radius 1 is 0.833 bits per heavy atom. The quantitative estimate of drug-likeness (QED) is 0.713. The van der Waals surface area contributed by atoms with Gasteiger partial charge in [0.25, 0.3) is 0 Å². The van der Waals surface area contributed by atoms with Crippen LogP contribution in [0.3, 0.4) is 0 Å². The second kappa shape index (κ2) is 5.22. The predicted octanol–water partition coefficient (Wildman–Crippen LogP) is 4.62. The third-order valence-corrected chi connectivity index (χ3v) is 3.78. The molecule has 0 nitrogen and oxygen atoms in total. The van der Waals surface area contributed by atoms with Gasteiger partial charge in [-0.05, 0) is 24.8 Å². The molecule has 0 N–H and O–H groups in total. The smallest absolute Gasteiger partial charge is 0.00598 e. The first-order chi connectivity index (χ1) is 8.93. The second-order valence-electron chi connectivity index (χ2n) is 4.99. The van der Waals surface area contributed by atoms with E-state index in [2.05, 4.69) is 66.8 Å². The van der Waals surface area contributed by atoms with Crippen molar-refractivity contribution in [2.75, 3.05) is 0 Å². The van der Waals surface area contributed by atoms with Crippen LogP contribution in [0.4, 0.5) is 0 Å². The minimum Gasteiger partial charge on any atom is -0.0804 e. The first-order valence-electron chi connectivity index (χ1n) is 6.68. The largest absolute Gasteiger partial charge is 0.0804 e. The normalized spacial score (nSPS) is 17.4. The van der Waals surface area contributed by atoms with Gasteiger partial charge in [0.2, 0.25) is 0 Å². The SMILES string of the molecule is C1=CCC(C(Cc2ccccc2)C2=CC=CC2)=C1. The maximum atomic E-state index is 2.30. The first kappa shape index (κ1) is 11.3. The molecular weight excluding hydrogens is 216 g/mol. The van der Waals surface area contributed by atoms with E-state index in [1.54, 1.807) is 11.1 Å². The monoisotopic (exact) mass is 234 g/mol. The molecule has 0 heterocycles. The fourth-order valence-electron chi connectivity index (χ4n) is 2.79. The van der Waals surface area contributed by atoms with Crippen molar-refractivity contribution in [2.45, 2.75) is 19.3 Å². The van der Waals surface area contributed by atoms with Crippen molar-refractivity contribution in [3.05, 3.63) is 83.5 Å². The third-order valence-electron chi connectivity index (χ3n) is 3.78. The van der Waals surface area contributed by atoms with Gasteiger partial charge in [0, 0.05) is 5.92 Å². The highest BCUT2D eigenvalue weighted by Gasteiger charge is 2.20. The molecule has 3 rings (SSSR count). The summed E-state index contributed by atoms with van der Waals surface area (Å²) in [5, 5.41) is 0. The van der Waals surface area contributed by atoms with Gasteiger partial charge in [-0.1, -0.05) is 77.9 Å². The Hall–Kier alpha value is -1.82. The molecule has 0 amide bonds. The van der Waals surface area contributed by atoms with Gasteiger partial charge in [-0.3, -0.25) is 0 Å². The molecule has 0 aliphatic heterocycles. The summed E-state index contributed by atoms with van der Waals surface area (Å²) >= 11 is 0. The van der Waals surface area contributed by atoms with Crippen molar-refractivity contribution in [3.8, 4) is 0 Å². The lowest BCUT2D eigenvalue weighted by Gasteiger charge is -2.20. The predicted molar refractivity (Wildman–Crippen MR) is 77.3 cm³/mol. The Labute approximate surface area is 109 Å². The van der Waals surface area contributed by atoms with Crippen LogP contribution >= 0.6 is 0 Å². The van der Waals surface area contributed by atoms with Gasteiger partial charge in [-0.2, -0.15) is 0 Å². The van der Waals surface area contributed by atoms with E-state index in [1.807, 2.05) is 0 Å². The molecule has 18 heavy (non-hydrogen) atoms. The van der Waals surface area contributed by atoms with Crippen LogP contribution < -0.4 is 0 Å². The van der Waals surface area contributed by atoms with Gasteiger partial charge in [0.15, 0.2) is 0 Å². The van der Waals surface area contributed by atoms with Gasteiger partial charge >= 0.3 is 0 Å². The topological polar surface area (TPSA) is 0 Å². The molecule has 1 aromatic carbocycles. The van der Waals surface area contributed by atoms with Gasteiger partial charge in [-0.15, -0.1) is 0 Å². The van der Waals surface area contributed by atoms with E-state index in [0.717, 1.165) is 19.3 Å². The highest BCUT2D eigenvalue weighted by Crippen LogP contribution is 2.33. The fraction of sp³-hybridized carbons (Fsp3) is 0.222.